The van der Waals surface area contributed by atoms with Gasteiger partial charge in [-0.05, 0) is 46.6 Å². The zero-order valence-electron chi connectivity index (χ0n) is 14.1. The molecule has 3 rings (SSSR count). The number of carbonyl (C=O) groups excluding carboxylic acids is 1. The molecule has 2 aromatic heterocycles. The number of fused-ring (bicyclic) bond motifs is 1. The molecule has 1 aromatic carbocycles. The van der Waals surface area contributed by atoms with Crippen LogP contribution in [-0.4, -0.2) is 29.0 Å². The Morgan fingerprint density at radius 1 is 1.27 bits per heavy atom. The lowest BCUT2D eigenvalue weighted by Gasteiger charge is -2.17. The zero-order valence-corrected chi connectivity index (χ0v) is 16.5. The number of rotatable bonds is 4. The van der Waals surface area contributed by atoms with Crippen LogP contribution in [-0.2, 0) is 12.7 Å². The zero-order chi connectivity index (χ0) is 19.1. The molecule has 0 unspecified atom stereocenters. The quantitative estimate of drug-likeness (QED) is 0.512. The number of halogens is 4. The van der Waals surface area contributed by atoms with Gasteiger partial charge in [-0.25, -0.2) is 0 Å². The van der Waals surface area contributed by atoms with Crippen molar-refractivity contribution in [2.24, 2.45) is 0 Å². The van der Waals surface area contributed by atoms with E-state index >= 15 is 0 Å². The monoisotopic (exact) mass is 444 g/mol. The summed E-state index contributed by atoms with van der Waals surface area (Å²) < 4.78 is 41.9. The van der Waals surface area contributed by atoms with Crippen LogP contribution in [0, 0.1) is 0 Å². The van der Waals surface area contributed by atoms with Gasteiger partial charge in [0.2, 0.25) is 0 Å². The minimum Gasteiger partial charge on any atom is -0.341 e. The Kier molecular flexibility index (Phi) is 5.16. The van der Waals surface area contributed by atoms with E-state index in [9.17, 15) is 18.0 Å². The van der Waals surface area contributed by atoms with E-state index in [4.69, 9.17) is 0 Å². The van der Waals surface area contributed by atoms with Gasteiger partial charge in [-0.2, -0.15) is 13.2 Å². The van der Waals surface area contributed by atoms with E-state index < -0.39 is 11.7 Å². The van der Waals surface area contributed by atoms with E-state index in [0.717, 1.165) is 26.8 Å². The van der Waals surface area contributed by atoms with Crippen LogP contribution in [0.5, 0.6) is 0 Å². The van der Waals surface area contributed by atoms with Crippen molar-refractivity contribution in [3.05, 3.63) is 57.0 Å². The molecular weight excluding hydrogens is 429 g/mol. The fraction of sp³-hybridized carbons (Fsp3) is 0.278. The smallest absolute Gasteiger partial charge is 0.341 e. The predicted molar refractivity (Wildman–Crippen MR) is 101 cm³/mol. The first-order chi connectivity index (χ1) is 12.2. The highest BCUT2D eigenvalue weighted by Crippen LogP contribution is 2.34. The lowest BCUT2D eigenvalue weighted by atomic mass is 10.1. The molecule has 26 heavy (non-hydrogen) atoms. The maximum atomic E-state index is 12.8. The summed E-state index contributed by atoms with van der Waals surface area (Å²) in [7, 11) is 1.72. The van der Waals surface area contributed by atoms with Crippen LogP contribution in [0.1, 0.15) is 28.5 Å². The lowest BCUT2D eigenvalue weighted by molar-refractivity contribution is -0.137. The second-order valence-corrected chi connectivity index (χ2v) is 7.69. The molecule has 3 aromatic rings. The van der Waals surface area contributed by atoms with E-state index in [2.05, 4.69) is 15.9 Å². The van der Waals surface area contributed by atoms with Crippen molar-refractivity contribution in [2.75, 3.05) is 13.6 Å². The summed E-state index contributed by atoms with van der Waals surface area (Å²) in [4.78, 5) is 14.3. The van der Waals surface area contributed by atoms with E-state index in [-0.39, 0.29) is 5.91 Å². The fourth-order valence-electron chi connectivity index (χ4n) is 2.69. The van der Waals surface area contributed by atoms with Crippen LogP contribution in [0.15, 0.2) is 40.2 Å². The topological polar surface area (TPSA) is 25.2 Å². The normalized spacial score (nSPS) is 11.9. The third kappa shape index (κ3) is 3.53. The van der Waals surface area contributed by atoms with E-state index in [1.165, 1.54) is 23.5 Å². The van der Waals surface area contributed by atoms with Gasteiger partial charge in [-0.3, -0.25) is 4.79 Å². The standard InChI is InChI=1S/C18H16BrF3N2OS/c1-3-23(2)17(25)14-8-15-16(13(19)10-26-15)24(14)9-11-4-6-12(7-5-11)18(20,21)22/h4-8,10H,3,9H2,1-2H3. The Labute approximate surface area is 161 Å². The molecular formula is C18H16BrF3N2OS. The second-order valence-electron chi connectivity index (χ2n) is 5.93. The first-order valence-corrected chi connectivity index (χ1v) is 9.57. The molecule has 3 nitrogen and oxygen atoms in total. The Bertz CT molecular complexity index is 944. The minimum absolute atomic E-state index is 0.116. The Morgan fingerprint density at radius 3 is 2.50 bits per heavy atom. The molecule has 0 saturated heterocycles. The largest absolute Gasteiger partial charge is 0.416 e. The predicted octanol–water partition coefficient (Wildman–Crippen LogP) is 5.62. The van der Waals surface area contributed by atoms with E-state index in [1.54, 1.807) is 11.9 Å². The van der Waals surface area contributed by atoms with Crippen molar-refractivity contribution in [1.82, 2.24) is 9.47 Å². The number of carbonyl (C=O) groups is 1. The van der Waals surface area contributed by atoms with Crippen LogP contribution in [0.2, 0.25) is 0 Å². The molecule has 0 aliphatic carbocycles. The number of hydrogen-bond acceptors (Lipinski definition) is 2. The third-order valence-electron chi connectivity index (χ3n) is 4.24. The van der Waals surface area contributed by atoms with Gasteiger partial charge in [-0.15, -0.1) is 11.3 Å². The Morgan fingerprint density at radius 2 is 1.92 bits per heavy atom. The van der Waals surface area contributed by atoms with Crippen molar-refractivity contribution in [3.8, 4) is 0 Å². The van der Waals surface area contributed by atoms with Crippen molar-refractivity contribution < 1.29 is 18.0 Å². The minimum atomic E-state index is -4.36. The maximum Gasteiger partial charge on any atom is 0.416 e. The summed E-state index contributed by atoms with van der Waals surface area (Å²) in [5, 5.41) is 1.94. The highest BCUT2D eigenvalue weighted by atomic mass is 79.9. The summed E-state index contributed by atoms with van der Waals surface area (Å²) >= 11 is 5.02. The third-order valence-corrected chi connectivity index (χ3v) is 6.07. The molecule has 0 atom stereocenters. The molecule has 0 fully saturated rings. The molecule has 0 saturated carbocycles. The van der Waals surface area contributed by atoms with Gasteiger partial charge in [0.05, 0.1) is 20.3 Å². The molecule has 138 valence electrons. The summed E-state index contributed by atoms with van der Waals surface area (Å²) in [5.74, 6) is -0.116. The summed E-state index contributed by atoms with van der Waals surface area (Å²) in [6.07, 6.45) is -4.36. The van der Waals surface area contributed by atoms with Crippen molar-refractivity contribution in [2.45, 2.75) is 19.6 Å². The van der Waals surface area contributed by atoms with Crippen LogP contribution >= 0.6 is 27.3 Å². The van der Waals surface area contributed by atoms with Gasteiger partial charge in [-0.1, -0.05) is 12.1 Å². The van der Waals surface area contributed by atoms with Crippen LogP contribution < -0.4 is 0 Å². The summed E-state index contributed by atoms with van der Waals surface area (Å²) in [5.41, 5.74) is 1.42. The molecule has 8 heteroatoms. The number of alkyl halides is 3. The number of hydrogen-bond donors (Lipinski definition) is 0. The van der Waals surface area contributed by atoms with Gasteiger partial charge in [0.1, 0.15) is 5.69 Å². The van der Waals surface area contributed by atoms with Crippen molar-refractivity contribution >= 4 is 43.4 Å². The van der Waals surface area contributed by atoms with Gasteiger partial charge in [0.25, 0.3) is 5.91 Å². The molecule has 0 N–H and O–H groups in total. The molecule has 0 aliphatic heterocycles. The number of benzene rings is 1. The summed E-state index contributed by atoms with van der Waals surface area (Å²) in [6.45, 7) is 2.77. The van der Waals surface area contributed by atoms with Crippen LogP contribution in [0.4, 0.5) is 13.2 Å². The molecule has 0 bridgehead atoms. The average Bonchev–Trinajstić information content (AvgIpc) is 3.14. The van der Waals surface area contributed by atoms with Gasteiger partial charge >= 0.3 is 6.18 Å². The highest BCUT2D eigenvalue weighted by molar-refractivity contribution is 9.10. The number of aromatic nitrogens is 1. The molecule has 0 radical (unpaired) electrons. The molecule has 0 spiro atoms. The van der Waals surface area contributed by atoms with E-state index in [0.29, 0.717) is 24.3 Å². The van der Waals surface area contributed by atoms with E-state index in [1.807, 2.05) is 22.9 Å². The summed E-state index contributed by atoms with van der Waals surface area (Å²) in [6, 6.07) is 6.87. The Balaban J connectivity index is 2.03. The van der Waals surface area contributed by atoms with Crippen molar-refractivity contribution in [1.29, 1.82) is 0 Å². The maximum absolute atomic E-state index is 12.8. The number of nitrogens with zero attached hydrogens (tertiary/aromatic N) is 2. The molecule has 1 amide bonds. The van der Waals surface area contributed by atoms with Gasteiger partial charge in [0.15, 0.2) is 0 Å². The first-order valence-electron chi connectivity index (χ1n) is 7.90. The Hall–Kier alpha value is -1.80. The fourth-order valence-corrected chi connectivity index (χ4v) is 4.39. The van der Waals surface area contributed by atoms with Crippen LogP contribution in [0.25, 0.3) is 10.2 Å². The van der Waals surface area contributed by atoms with Crippen LogP contribution in [0.3, 0.4) is 0 Å². The van der Waals surface area contributed by atoms with Crippen molar-refractivity contribution in [3.63, 3.8) is 0 Å². The highest BCUT2D eigenvalue weighted by Gasteiger charge is 2.30. The number of amides is 1. The second kappa shape index (κ2) is 7.08. The number of thiophene rings is 1. The molecule has 2 heterocycles. The molecule has 0 aliphatic rings. The van der Waals surface area contributed by atoms with Gasteiger partial charge in [0, 0.05) is 25.5 Å². The first kappa shape index (κ1) is 19.0. The van der Waals surface area contributed by atoms with Gasteiger partial charge < -0.3 is 9.47 Å². The SMILES string of the molecule is CCN(C)C(=O)c1cc2scc(Br)c2n1Cc1ccc(C(F)(F)F)cc1. The average molecular weight is 445 g/mol. The lowest BCUT2D eigenvalue weighted by Crippen LogP contribution is -2.28.